The van der Waals surface area contributed by atoms with Gasteiger partial charge in [-0.3, -0.25) is 14.6 Å². The number of aliphatic imine (C=N–C) groups is 1. The van der Waals surface area contributed by atoms with Crippen molar-refractivity contribution in [3.05, 3.63) is 47.7 Å². The number of thioether (sulfide) groups is 1. The topological polar surface area (TPSA) is 132 Å². The molecule has 1 aromatic carbocycles. The molecule has 0 saturated heterocycles. The van der Waals surface area contributed by atoms with Crippen LogP contribution in [0.15, 0.2) is 35.6 Å². The van der Waals surface area contributed by atoms with E-state index in [2.05, 4.69) is 30.3 Å². The molecule has 0 saturated carbocycles. The molecule has 2 aromatic rings. The van der Waals surface area contributed by atoms with Crippen molar-refractivity contribution in [2.75, 3.05) is 18.6 Å². The van der Waals surface area contributed by atoms with Gasteiger partial charge in [-0.2, -0.15) is 13.2 Å². The number of amidine groups is 1. The predicted octanol–water partition coefficient (Wildman–Crippen LogP) is 4.34. The number of rotatable bonds is 8. The quantitative estimate of drug-likeness (QED) is 0.391. The summed E-state index contributed by atoms with van der Waals surface area (Å²) in [6.45, 7) is 5.61. The molecule has 40 heavy (non-hydrogen) atoms. The minimum atomic E-state index is -4.57. The second kappa shape index (κ2) is 11.2. The lowest BCUT2D eigenvalue weighted by Crippen LogP contribution is -2.60. The molecule has 0 spiro atoms. The number of hydrogen-bond acceptors (Lipinski definition) is 8. The number of hydrogen-bond donors (Lipinski definition) is 3. The van der Waals surface area contributed by atoms with Gasteiger partial charge in [-0.05, 0) is 45.9 Å². The molecule has 218 valence electrons. The summed E-state index contributed by atoms with van der Waals surface area (Å²) in [7, 11) is 0. The lowest BCUT2D eigenvalue weighted by atomic mass is 9.73. The average molecular weight is 589 g/mol. The van der Waals surface area contributed by atoms with Gasteiger partial charge in [-0.25, -0.2) is 18.7 Å². The summed E-state index contributed by atoms with van der Waals surface area (Å²) < 4.78 is 68.8. The Morgan fingerprint density at radius 2 is 1.85 bits per heavy atom. The fourth-order valence-electron chi connectivity index (χ4n) is 4.04. The highest BCUT2D eigenvalue weighted by molar-refractivity contribution is 8.15. The number of carbonyl (C=O) groups excluding carboxylic acids is 2. The molecule has 0 bridgehead atoms. The first kappa shape index (κ1) is 31.0. The van der Waals surface area contributed by atoms with E-state index in [9.17, 15) is 27.2 Å². The van der Waals surface area contributed by atoms with Gasteiger partial charge in [-0.15, -0.1) is 0 Å². The Balaban J connectivity index is 1.87. The Bertz CT molecular complexity index is 1310. The number of ether oxygens (including phenoxy) is 1. The van der Waals surface area contributed by atoms with E-state index in [4.69, 9.17) is 5.73 Å². The molecule has 2 heterocycles. The van der Waals surface area contributed by atoms with Crippen molar-refractivity contribution in [1.29, 1.82) is 0 Å². The van der Waals surface area contributed by atoms with Crippen LogP contribution in [-0.2, 0) is 10.3 Å². The molecule has 1 aromatic heterocycles. The Morgan fingerprint density at radius 1 is 1.18 bits per heavy atom. The molecule has 0 fully saturated rings. The first-order valence-electron chi connectivity index (χ1n) is 12.0. The zero-order valence-electron chi connectivity index (χ0n) is 22.3. The van der Waals surface area contributed by atoms with Crippen LogP contribution >= 0.6 is 11.8 Å². The Hall–Kier alpha value is -3.49. The van der Waals surface area contributed by atoms with E-state index in [1.165, 1.54) is 26.0 Å². The van der Waals surface area contributed by atoms with E-state index in [0.29, 0.717) is 0 Å². The maximum atomic E-state index is 15.2. The molecular formula is C25H29F5N6O3S. The molecule has 3 atom stereocenters. The molecule has 15 heteroatoms. The van der Waals surface area contributed by atoms with E-state index >= 15 is 4.39 Å². The van der Waals surface area contributed by atoms with Gasteiger partial charge in [0.15, 0.2) is 11.8 Å². The van der Waals surface area contributed by atoms with Crippen molar-refractivity contribution in [3.63, 3.8) is 0 Å². The summed E-state index contributed by atoms with van der Waals surface area (Å²) in [6.07, 6.45) is -2.77. The first-order valence-corrected chi connectivity index (χ1v) is 12.8. The number of nitrogens with two attached hydrogens (primary N) is 1. The number of carbonyl (C=O) groups is 2. The number of anilines is 1. The number of benzene rings is 1. The van der Waals surface area contributed by atoms with Gasteiger partial charge in [0.25, 0.3) is 5.91 Å². The maximum absolute atomic E-state index is 15.2. The summed E-state index contributed by atoms with van der Waals surface area (Å²) in [5.41, 5.74) is 3.53. The zero-order valence-corrected chi connectivity index (χ0v) is 23.1. The van der Waals surface area contributed by atoms with Crippen LogP contribution in [-0.4, -0.2) is 56.7 Å². The summed E-state index contributed by atoms with van der Waals surface area (Å²) >= 11 is 0.990. The predicted molar refractivity (Wildman–Crippen MR) is 140 cm³/mol. The van der Waals surface area contributed by atoms with Crippen molar-refractivity contribution in [1.82, 2.24) is 15.3 Å². The third kappa shape index (κ3) is 6.80. The second-order valence-electron chi connectivity index (χ2n) is 10.3. The second-order valence-corrected chi connectivity index (χ2v) is 11.8. The SMILES string of the molecule is C[C@@H]1[C@@](C)(C(=O)NC(C)(C)CF)SC(N)=N[C@]1(C)c1cc(NC(=O)c2cnc(OCC(F)(F)F)cn2)ccc1F. The first-order chi connectivity index (χ1) is 18.4. The number of amides is 2. The van der Waals surface area contributed by atoms with Crippen molar-refractivity contribution in [2.24, 2.45) is 16.6 Å². The molecule has 0 unspecified atom stereocenters. The molecule has 3 rings (SSSR count). The summed E-state index contributed by atoms with van der Waals surface area (Å²) in [6, 6.07) is 3.74. The lowest BCUT2D eigenvalue weighted by molar-refractivity contribution is -0.154. The van der Waals surface area contributed by atoms with Crippen LogP contribution in [0.4, 0.5) is 27.6 Å². The van der Waals surface area contributed by atoms with Crippen LogP contribution in [0.25, 0.3) is 0 Å². The molecule has 9 nitrogen and oxygen atoms in total. The maximum Gasteiger partial charge on any atom is 0.422 e. The summed E-state index contributed by atoms with van der Waals surface area (Å²) in [5.74, 6) is -3.03. The van der Waals surface area contributed by atoms with E-state index < -0.39 is 64.7 Å². The Morgan fingerprint density at radius 3 is 2.42 bits per heavy atom. The van der Waals surface area contributed by atoms with Gasteiger partial charge < -0.3 is 21.1 Å². The normalized spacial score (nSPS) is 23.2. The van der Waals surface area contributed by atoms with Crippen LogP contribution in [0.2, 0.25) is 0 Å². The Kier molecular flexibility index (Phi) is 8.67. The zero-order chi connectivity index (χ0) is 30.1. The fraction of sp³-hybridized carbons (Fsp3) is 0.480. The van der Waals surface area contributed by atoms with Crippen LogP contribution in [0.5, 0.6) is 5.88 Å². The molecule has 1 aliphatic heterocycles. The number of halogens is 5. The highest BCUT2D eigenvalue weighted by Crippen LogP contribution is 2.50. The summed E-state index contributed by atoms with van der Waals surface area (Å²) in [4.78, 5) is 37.9. The minimum Gasteiger partial charge on any atom is -0.467 e. The molecule has 2 amide bonds. The van der Waals surface area contributed by atoms with Crippen molar-refractivity contribution < 1.29 is 36.3 Å². The van der Waals surface area contributed by atoms with E-state index in [1.54, 1.807) is 20.8 Å². The molecule has 4 N–H and O–H groups in total. The van der Waals surface area contributed by atoms with Crippen molar-refractivity contribution in [3.8, 4) is 5.88 Å². The van der Waals surface area contributed by atoms with Gasteiger partial charge >= 0.3 is 6.18 Å². The van der Waals surface area contributed by atoms with E-state index in [1.807, 2.05) is 0 Å². The summed E-state index contributed by atoms with van der Waals surface area (Å²) in [5, 5.41) is 5.23. The van der Waals surface area contributed by atoms with Crippen LogP contribution in [0.1, 0.15) is 50.7 Å². The standard InChI is InChI=1S/C25H29F5N6O3S/c1-13-23(4,36-21(31)40-24(13,5)20(38)35-22(2,3)11-26)15-8-14(6-7-16(15)27)34-19(37)17-9-33-18(10-32-17)39-12-25(28,29)30/h6-10,13H,11-12H2,1-5H3,(H2,31,36)(H,34,37)(H,35,38)/t13-,23-,24-/m0/s1. The monoisotopic (exact) mass is 588 g/mol. The molecule has 1 aliphatic rings. The number of nitrogens with one attached hydrogen (secondary N) is 2. The third-order valence-corrected chi connectivity index (χ3v) is 7.84. The number of nitrogens with zero attached hydrogens (tertiary/aromatic N) is 3. The van der Waals surface area contributed by atoms with Gasteiger partial charge in [-0.1, -0.05) is 18.7 Å². The fourth-order valence-corrected chi connectivity index (χ4v) is 5.26. The largest absolute Gasteiger partial charge is 0.467 e. The van der Waals surface area contributed by atoms with Gasteiger partial charge in [0, 0.05) is 17.2 Å². The van der Waals surface area contributed by atoms with Crippen LogP contribution in [0.3, 0.4) is 0 Å². The molecular weight excluding hydrogens is 559 g/mol. The highest BCUT2D eigenvalue weighted by Gasteiger charge is 2.54. The van der Waals surface area contributed by atoms with E-state index in [-0.39, 0.29) is 22.1 Å². The van der Waals surface area contributed by atoms with Crippen LogP contribution < -0.4 is 21.1 Å². The smallest absolute Gasteiger partial charge is 0.422 e. The Labute approximate surface area is 231 Å². The van der Waals surface area contributed by atoms with Gasteiger partial charge in [0.2, 0.25) is 11.8 Å². The van der Waals surface area contributed by atoms with Crippen molar-refractivity contribution >= 4 is 34.4 Å². The third-order valence-electron chi connectivity index (χ3n) is 6.58. The lowest BCUT2D eigenvalue weighted by Gasteiger charge is -2.47. The van der Waals surface area contributed by atoms with Gasteiger partial charge in [0.1, 0.15) is 22.9 Å². The highest BCUT2D eigenvalue weighted by atomic mass is 32.2. The van der Waals surface area contributed by atoms with Gasteiger partial charge in [0.05, 0.1) is 23.5 Å². The number of aromatic nitrogens is 2. The number of alkyl halides is 4. The minimum absolute atomic E-state index is 0.0215. The average Bonchev–Trinajstić information content (AvgIpc) is 2.86. The molecule has 0 radical (unpaired) electrons. The van der Waals surface area contributed by atoms with Crippen molar-refractivity contribution in [2.45, 2.75) is 56.6 Å². The van der Waals surface area contributed by atoms with Crippen LogP contribution in [0, 0.1) is 11.7 Å². The van der Waals surface area contributed by atoms with E-state index in [0.717, 1.165) is 30.2 Å². The molecule has 0 aliphatic carbocycles.